The molecule has 1 N–H and O–H groups in total. The van der Waals surface area contributed by atoms with E-state index in [0.29, 0.717) is 6.54 Å². The Kier molecular flexibility index (Phi) is 5.25. The van der Waals surface area contributed by atoms with E-state index in [0.717, 1.165) is 0 Å². The molecule has 0 aliphatic carbocycles. The van der Waals surface area contributed by atoms with Gasteiger partial charge in [-0.3, -0.25) is 19.7 Å². The minimum absolute atomic E-state index is 0.0724. The number of aliphatic carboxylic acids is 1. The summed E-state index contributed by atoms with van der Waals surface area (Å²) < 4.78 is 1.26. The fraction of sp³-hybridized carbons (Fsp3) is 0.267. The number of carbonyl (C=O) groups excluding carboxylic acids is 1. The fourth-order valence-electron chi connectivity index (χ4n) is 2.18. The van der Waals surface area contributed by atoms with Crippen molar-refractivity contribution in [3.63, 3.8) is 0 Å². The van der Waals surface area contributed by atoms with Crippen molar-refractivity contribution in [2.45, 2.75) is 13.3 Å². The molecule has 9 nitrogen and oxygen atoms in total. The van der Waals surface area contributed by atoms with E-state index in [4.69, 9.17) is 5.11 Å². The molecule has 0 atom stereocenters. The first-order valence-corrected chi connectivity index (χ1v) is 7.24. The maximum absolute atomic E-state index is 12.4. The first-order chi connectivity index (χ1) is 11.4. The third kappa shape index (κ3) is 3.75. The van der Waals surface area contributed by atoms with Crippen LogP contribution in [0.15, 0.2) is 36.5 Å². The van der Waals surface area contributed by atoms with Crippen LogP contribution in [0.2, 0.25) is 0 Å². The lowest BCUT2D eigenvalue weighted by Crippen LogP contribution is -2.33. The molecule has 24 heavy (non-hydrogen) atoms. The highest BCUT2D eigenvalue weighted by molar-refractivity contribution is 5.92. The maximum Gasteiger partial charge on any atom is 0.305 e. The molecule has 0 unspecified atom stereocenters. The van der Waals surface area contributed by atoms with Gasteiger partial charge in [0.2, 0.25) is 0 Å². The first-order valence-electron chi connectivity index (χ1n) is 7.24. The van der Waals surface area contributed by atoms with E-state index in [2.05, 4.69) is 5.10 Å². The zero-order valence-electron chi connectivity index (χ0n) is 13.0. The molecule has 0 saturated carbocycles. The Labute approximate surface area is 137 Å². The number of carboxylic acid groups (broad SMARTS) is 1. The third-order valence-electron chi connectivity index (χ3n) is 3.40. The number of aromatic nitrogens is 2. The molecular formula is C15H16N4O5. The van der Waals surface area contributed by atoms with Crippen molar-refractivity contribution in [2.75, 3.05) is 13.1 Å². The molecule has 0 radical (unpaired) electrons. The van der Waals surface area contributed by atoms with Crippen molar-refractivity contribution in [1.82, 2.24) is 14.7 Å². The Bertz CT molecular complexity index is 771. The van der Waals surface area contributed by atoms with Gasteiger partial charge >= 0.3 is 5.97 Å². The van der Waals surface area contributed by atoms with E-state index in [9.17, 15) is 19.7 Å². The van der Waals surface area contributed by atoms with Crippen LogP contribution in [0.4, 0.5) is 5.69 Å². The SMILES string of the molecule is CCN(CCC(=O)O)C(=O)c1ccn(-c2ccccc2[N+](=O)[O-])n1. The topological polar surface area (TPSA) is 119 Å². The molecule has 0 aliphatic rings. The standard InChI is InChI=1S/C15H16N4O5/c1-2-17(9-8-14(20)21)15(22)11-7-10-18(16-11)12-5-3-4-6-13(12)19(23)24/h3-7,10H,2,8-9H2,1H3,(H,20,21). The summed E-state index contributed by atoms with van der Waals surface area (Å²) in [7, 11) is 0. The summed E-state index contributed by atoms with van der Waals surface area (Å²) >= 11 is 0. The number of nitro benzene ring substituents is 1. The Morgan fingerprint density at radius 2 is 2.04 bits per heavy atom. The van der Waals surface area contributed by atoms with E-state index in [1.54, 1.807) is 19.1 Å². The lowest BCUT2D eigenvalue weighted by Gasteiger charge is -2.18. The van der Waals surface area contributed by atoms with Crippen LogP contribution in [0.1, 0.15) is 23.8 Å². The quantitative estimate of drug-likeness (QED) is 0.609. The Morgan fingerprint density at radius 3 is 2.67 bits per heavy atom. The van der Waals surface area contributed by atoms with Gasteiger partial charge in [-0.15, -0.1) is 0 Å². The summed E-state index contributed by atoms with van der Waals surface area (Å²) in [6.07, 6.45) is 1.30. The van der Waals surface area contributed by atoms with Gasteiger partial charge < -0.3 is 10.0 Å². The van der Waals surface area contributed by atoms with Crippen LogP contribution >= 0.6 is 0 Å². The van der Waals surface area contributed by atoms with Crippen molar-refractivity contribution in [2.24, 2.45) is 0 Å². The Morgan fingerprint density at radius 1 is 1.33 bits per heavy atom. The smallest absolute Gasteiger partial charge is 0.305 e. The van der Waals surface area contributed by atoms with Crippen LogP contribution in [0, 0.1) is 10.1 Å². The van der Waals surface area contributed by atoms with Crippen molar-refractivity contribution in [3.05, 3.63) is 52.3 Å². The molecule has 1 amide bonds. The summed E-state index contributed by atoms with van der Waals surface area (Å²) in [6, 6.07) is 7.51. The Balaban J connectivity index is 2.25. The number of rotatable bonds is 7. The second-order valence-electron chi connectivity index (χ2n) is 4.92. The molecule has 1 aromatic heterocycles. The Hall–Kier alpha value is -3.23. The van der Waals surface area contributed by atoms with Crippen LogP contribution in [-0.2, 0) is 4.79 Å². The summed E-state index contributed by atoms with van der Waals surface area (Å²) in [5, 5.41) is 23.9. The molecule has 0 saturated heterocycles. The van der Waals surface area contributed by atoms with Crippen molar-refractivity contribution in [1.29, 1.82) is 0 Å². The number of hydrogen-bond acceptors (Lipinski definition) is 5. The number of nitrogens with zero attached hydrogens (tertiary/aromatic N) is 4. The molecule has 0 bridgehead atoms. The summed E-state index contributed by atoms with van der Waals surface area (Å²) in [4.78, 5) is 34.9. The molecule has 2 rings (SSSR count). The zero-order chi connectivity index (χ0) is 17.7. The number of carboxylic acids is 1. The highest BCUT2D eigenvalue weighted by Crippen LogP contribution is 2.21. The molecule has 9 heteroatoms. The van der Waals surface area contributed by atoms with Gasteiger partial charge in [0.15, 0.2) is 5.69 Å². The van der Waals surface area contributed by atoms with Gasteiger partial charge in [-0.25, -0.2) is 4.68 Å². The summed E-state index contributed by atoms with van der Waals surface area (Å²) in [5.41, 5.74) is 0.216. The molecule has 0 spiro atoms. The summed E-state index contributed by atoms with van der Waals surface area (Å²) in [5.74, 6) is -1.41. The molecule has 0 fully saturated rings. The maximum atomic E-state index is 12.4. The number of carbonyl (C=O) groups is 2. The lowest BCUT2D eigenvalue weighted by molar-refractivity contribution is -0.384. The van der Waals surface area contributed by atoms with Gasteiger partial charge in [0, 0.05) is 25.4 Å². The van der Waals surface area contributed by atoms with Gasteiger partial charge in [0.25, 0.3) is 11.6 Å². The van der Waals surface area contributed by atoms with E-state index in [1.807, 2.05) is 0 Å². The number of para-hydroxylation sites is 2. The van der Waals surface area contributed by atoms with Crippen LogP contribution < -0.4 is 0 Å². The van der Waals surface area contributed by atoms with Crippen molar-refractivity contribution >= 4 is 17.6 Å². The minimum atomic E-state index is -0.994. The normalized spacial score (nSPS) is 10.4. The average Bonchev–Trinajstić information content (AvgIpc) is 3.04. The third-order valence-corrected chi connectivity index (χ3v) is 3.40. The van der Waals surface area contributed by atoms with Crippen molar-refractivity contribution in [3.8, 4) is 5.69 Å². The first kappa shape index (κ1) is 17.1. The molecule has 1 aromatic carbocycles. The summed E-state index contributed by atoms with van der Waals surface area (Å²) in [6.45, 7) is 2.15. The predicted octanol–water partition coefficient (Wildman–Crippen LogP) is 1.72. The monoisotopic (exact) mass is 332 g/mol. The number of amides is 1. The molecule has 1 heterocycles. The fourth-order valence-corrected chi connectivity index (χ4v) is 2.18. The van der Waals surface area contributed by atoms with E-state index >= 15 is 0 Å². The van der Waals surface area contributed by atoms with Gasteiger partial charge in [0.1, 0.15) is 5.69 Å². The number of hydrogen-bond donors (Lipinski definition) is 1. The highest BCUT2D eigenvalue weighted by Gasteiger charge is 2.20. The van der Waals surface area contributed by atoms with E-state index in [-0.39, 0.29) is 30.0 Å². The molecule has 2 aromatic rings. The van der Waals surface area contributed by atoms with Gasteiger partial charge in [-0.2, -0.15) is 5.10 Å². The van der Waals surface area contributed by atoms with Crippen LogP contribution in [0.25, 0.3) is 5.69 Å². The minimum Gasteiger partial charge on any atom is -0.481 e. The van der Waals surface area contributed by atoms with Crippen LogP contribution in [0.5, 0.6) is 0 Å². The van der Waals surface area contributed by atoms with Crippen molar-refractivity contribution < 1.29 is 19.6 Å². The van der Waals surface area contributed by atoms with E-state index in [1.165, 1.54) is 34.0 Å². The van der Waals surface area contributed by atoms with Crippen LogP contribution in [-0.4, -0.2) is 49.7 Å². The highest BCUT2D eigenvalue weighted by atomic mass is 16.6. The average molecular weight is 332 g/mol. The van der Waals surface area contributed by atoms with Gasteiger partial charge in [-0.05, 0) is 19.1 Å². The molecule has 0 aliphatic heterocycles. The largest absolute Gasteiger partial charge is 0.481 e. The van der Waals surface area contributed by atoms with Crippen LogP contribution in [0.3, 0.4) is 0 Å². The second kappa shape index (κ2) is 7.36. The zero-order valence-corrected chi connectivity index (χ0v) is 13.0. The predicted molar refractivity (Wildman–Crippen MR) is 84.0 cm³/mol. The second-order valence-corrected chi connectivity index (χ2v) is 4.92. The van der Waals surface area contributed by atoms with E-state index < -0.39 is 16.8 Å². The number of nitro groups is 1. The van der Waals surface area contributed by atoms with Gasteiger partial charge in [0.05, 0.1) is 11.3 Å². The molecular weight excluding hydrogens is 316 g/mol. The lowest BCUT2D eigenvalue weighted by atomic mass is 10.3. The number of benzene rings is 1. The van der Waals surface area contributed by atoms with Gasteiger partial charge in [-0.1, -0.05) is 12.1 Å². The molecule has 126 valence electrons.